The molecule has 0 spiro atoms. The summed E-state index contributed by atoms with van der Waals surface area (Å²) in [5, 5.41) is 3.60. The molecule has 1 aliphatic rings. The Morgan fingerprint density at radius 3 is 2.62 bits per heavy atom. The number of rotatable bonds is 4. The van der Waals surface area contributed by atoms with E-state index in [2.05, 4.69) is 31.0 Å². The summed E-state index contributed by atoms with van der Waals surface area (Å²) in [5.41, 5.74) is 0. The van der Waals surface area contributed by atoms with E-state index >= 15 is 0 Å². The summed E-state index contributed by atoms with van der Waals surface area (Å²) >= 11 is 0. The molecule has 1 atom stereocenters. The zero-order valence-electron chi connectivity index (χ0n) is 9.34. The lowest BCUT2D eigenvalue weighted by atomic mass is 10.0. The second-order valence-corrected chi connectivity index (χ2v) is 4.33. The molecule has 1 aliphatic heterocycles. The van der Waals surface area contributed by atoms with Crippen molar-refractivity contribution in [3.63, 3.8) is 0 Å². The Morgan fingerprint density at radius 1 is 1.38 bits per heavy atom. The predicted molar refractivity (Wildman–Crippen MR) is 58.0 cm³/mol. The van der Waals surface area contributed by atoms with Crippen molar-refractivity contribution in [2.24, 2.45) is 0 Å². The van der Waals surface area contributed by atoms with E-state index in [0.29, 0.717) is 6.04 Å². The van der Waals surface area contributed by atoms with Crippen molar-refractivity contribution in [1.29, 1.82) is 0 Å². The number of piperidine rings is 1. The Labute approximate surface area is 82.7 Å². The summed E-state index contributed by atoms with van der Waals surface area (Å²) in [5.74, 6) is 0. The van der Waals surface area contributed by atoms with Gasteiger partial charge in [-0.1, -0.05) is 13.3 Å². The quantitative estimate of drug-likeness (QED) is 0.717. The number of nitrogens with one attached hydrogen (secondary N) is 1. The highest BCUT2D eigenvalue weighted by Gasteiger charge is 2.16. The molecule has 0 aliphatic carbocycles. The summed E-state index contributed by atoms with van der Waals surface area (Å²) in [7, 11) is 0. The smallest absolute Gasteiger partial charge is 0.0195 e. The molecule has 1 saturated heterocycles. The van der Waals surface area contributed by atoms with Gasteiger partial charge in [0.1, 0.15) is 0 Å². The highest BCUT2D eigenvalue weighted by Crippen LogP contribution is 2.09. The monoisotopic (exact) mass is 184 g/mol. The van der Waals surface area contributed by atoms with Crippen LogP contribution in [0, 0.1) is 0 Å². The van der Waals surface area contributed by atoms with Crippen molar-refractivity contribution in [3.8, 4) is 0 Å². The summed E-state index contributed by atoms with van der Waals surface area (Å²) in [6.45, 7) is 10.5. The average Bonchev–Trinajstić information content (AvgIpc) is 2.15. The SMILES string of the molecule is CCN(CC1CCCCN1)C(C)C. The molecule has 2 nitrogen and oxygen atoms in total. The third-order valence-electron chi connectivity index (χ3n) is 3.00. The van der Waals surface area contributed by atoms with Crippen LogP contribution in [0.25, 0.3) is 0 Å². The van der Waals surface area contributed by atoms with Crippen LogP contribution in [0.5, 0.6) is 0 Å². The summed E-state index contributed by atoms with van der Waals surface area (Å²) in [6, 6.07) is 1.44. The molecule has 2 heteroatoms. The number of likely N-dealkylation sites (N-methyl/N-ethyl adjacent to an activating group) is 1. The first-order chi connectivity index (χ1) is 6.24. The third-order valence-corrected chi connectivity index (χ3v) is 3.00. The molecule has 1 unspecified atom stereocenters. The normalized spacial score (nSPS) is 24.2. The van der Waals surface area contributed by atoms with Crippen molar-refractivity contribution >= 4 is 0 Å². The van der Waals surface area contributed by atoms with Crippen molar-refractivity contribution in [3.05, 3.63) is 0 Å². The van der Waals surface area contributed by atoms with Gasteiger partial charge in [0.05, 0.1) is 0 Å². The van der Waals surface area contributed by atoms with Gasteiger partial charge in [0.25, 0.3) is 0 Å². The first-order valence-corrected chi connectivity index (χ1v) is 5.71. The molecule has 1 heterocycles. The molecule has 0 radical (unpaired) electrons. The Hall–Kier alpha value is -0.0800. The van der Waals surface area contributed by atoms with E-state index in [-0.39, 0.29) is 0 Å². The largest absolute Gasteiger partial charge is 0.313 e. The van der Waals surface area contributed by atoms with Gasteiger partial charge in [-0.2, -0.15) is 0 Å². The van der Waals surface area contributed by atoms with Crippen LogP contribution in [0.2, 0.25) is 0 Å². The van der Waals surface area contributed by atoms with E-state index in [4.69, 9.17) is 0 Å². The van der Waals surface area contributed by atoms with Crippen LogP contribution in [0.3, 0.4) is 0 Å². The second-order valence-electron chi connectivity index (χ2n) is 4.33. The molecule has 78 valence electrons. The van der Waals surface area contributed by atoms with Gasteiger partial charge in [-0.05, 0) is 39.8 Å². The van der Waals surface area contributed by atoms with Crippen LogP contribution in [0.1, 0.15) is 40.0 Å². The summed E-state index contributed by atoms with van der Waals surface area (Å²) in [4.78, 5) is 2.54. The van der Waals surface area contributed by atoms with Crippen molar-refractivity contribution in [2.75, 3.05) is 19.6 Å². The van der Waals surface area contributed by atoms with Crippen molar-refractivity contribution in [2.45, 2.75) is 52.1 Å². The van der Waals surface area contributed by atoms with Crippen LogP contribution < -0.4 is 5.32 Å². The van der Waals surface area contributed by atoms with E-state index in [9.17, 15) is 0 Å². The fourth-order valence-electron chi connectivity index (χ4n) is 2.07. The molecule has 0 bridgehead atoms. The van der Waals surface area contributed by atoms with E-state index in [1.807, 2.05) is 0 Å². The van der Waals surface area contributed by atoms with Crippen LogP contribution >= 0.6 is 0 Å². The first-order valence-electron chi connectivity index (χ1n) is 5.71. The van der Waals surface area contributed by atoms with Gasteiger partial charge >= 0.3 is 0 Å². The van der Waals surface area contributed by atoms with Gasteiger partial charge < -0.3 is 5.32 Å². The molecule has 0 aromatic heterocycles. The van der Waals surface area contributed by atoms with Crippen LogP contribution in [-0.2, 0) is 0 Å². The Bertz CT molecular complexity index is 128. The molecule has 0 aromatic rings. The Kier molecular flexibility index (Phi) is 4.74. The van der Waals surface area contributed by atoms with Crippen molar-refractivity contribution < 1.29 is 0 Å². The fourth-order valence-corrected chi connectivity index (χ4v) is 2.07. The van der Waals surface area contributed by atoms with Gasteiger partial charge in [-0.15, -0.1) is 0 Å². The maximum Gasteiger partial charge on any atom is 0.0195 e. The zero-order valence-corrected chi connectivity index (χ0v) is 9.34. The lowest BCUT2D eigenvalue weighted by Crippen LogP contribution is -2.45. The minimum atomic E-state index is 0.689. The molecule has 0 aromatic carbocycles. The molecule has 13 heavy (non-hydrogen) atoms. The van der Waals surface area contributed by atoms with E-state index in [1.54, 1.807) is 0 Å². The number of nitrogens with zero attached hydrogens (tertiary/aromatic N) is 1. The van der Waals surface area contributed by atoms with Gasteiger partial charge in [0.2, 0.25) is 0 Å². The van der Waals surface area contributed by atoms with E-state index in [0.717, 1.165) is 6.04 Å². The van der Waals surface area contributed by atoms with Crippen LogP contribution in [0.4, 0.5) is 0 Å². The summed E-state index contributed by atoms with van der Waals surface area (Å²) in [6.07, 6.45) is 4.14. The number of hydrogen-bond acceptors (Lipinski definition) is 2. The molecule has 1 fully saturated rings. The topological polar surface area (TPSA) is 15.3 Å². The maximum absolute atomic E-state index is 3.60. The van der Waals surface area contributed by atoms with Gasteiger partial charge in [-0.25, -0.2) is 0 Å². The van der Waals surface area contributed by atoms with E-state index in [1.165, 1.54) is 38.9 Å². The molecular weight excluding hydrogens is 160 g/mol. The third kappa shape index (κ3) is 3.65. The van der Waals surface area contributed by atoms with Gasteiger partial charge in [0.15, 0.2) is 0 Å². The zero-order chi connectivity index (χ0) is 9.68. The average molecular weight is 184 g/mol. The number of hydrogen-bond donors (Lipinski definition) is 1. The molecule has 1 N–H and O–H groups in total. The first kappa shape index (κ1) is 11.0. The minimum Gasteiger partial charge on any atom is -0.313 e. The minimum absolute atomic E-state index is 0.689. The molecule has 0 amide bonds. The molecule has 1 rings (SSSR count). The standard InChI is InChI=1S/C11H24N2/c1-4-13(10(2)3)9-11-7-5-6-8-12-11/h10-12H,4-9H2,1-3H3. The highest BCUT2D eigenvalue weighted by atomic mass is 15.2. The van der Waals surface area contributed by atoms with Crippen LogP contribution in [-0.4, -0.2) is 36.6 Å². The van der Waals surface area contributed by atoms with Gasteiger partial charge in [-0.3, -0.25) is 4.90 Å². The predicted octanol–water partition coefficient (Wildman–Crippen LogP) is 1.86. The maximum atomic E-state index is 3.60. The summed E-state index contributed by atoms with van der Waals surface area (Å²) < 4.78 is 0. The fraction of sp³-hybridized carbons (Fsp3) is 1.00. The van der Waals surface area contributed by atoms with Gasteiger partial charge in [0, 0.05) is 18.6 Å². The Morgan fingerprint density at radius 2 is 2.15 bits per heavy atom. The lowest BCUT2D eigenvalue weighted by molar-refractivity contribution is 0.194. The highest BCUT2D eigenvalue weighted by molar-refractivity contribution is 4.76. The lowest BCUT2D eigenvalue weighted by Gasteiger charge is -2.32. The Balaban J connectivity index is 2.27. The molecule has 0 saturated carbocycles. The molecular formula is C11H24N2. The second kappa shape index (κ2) is 5.61. The van der Waals surface area contributed by atoms with Crippen molar-refractivity contribution in [1.82, 2.24) is 10.2 Å². The van der Waals surface area contributed by atoms with Crippen LogP contribution in [0.15, 0.2) is 0 Å². The van der Waals surface area contributed by atoms with E-state index < -0.39 is 0 Å².